The van der Waals surface area contributed by atoms with Gasteiger partial charge < -0.3 is 5.32 Å². The van der Waals surface area contributed by atoms with E-state index < -0.39 is 24.4 Å². The van der Waals surface area contributed by atoms with Crippen LogP contribution in [0.3, 0.4) is 0 Å². The van der Waals surface area contributed by atoms with E-state index in [1.807, 2.05) is 37.3 Å². The Bertz CT molecular complexity index is 452. The molecule has 118 valence electrons. The Morgan fingerprint density at radius 2 is 1.95 bits per heavy atom. The Morgan fingerprint density at radius 3 is 2.57 bits per heavy atom. The van der Waals surface area contributed by atoms with E-state index in [0.717, 1.165) is 5.56 Å². The normalized spacial score (nSPS) is 25.0. The van der Waals surface area contributed by atoms with Crippen molar-refractivity contribution < 1.29 is 17.6 Å². The lowest BCUT2D eigenvalue weighted by Gasteiger charge is -2.35. The minimum atomic E-state index is -3.97. The number of nitrogens with one attached hydrogen (secondary N) is 1. The summed E-state index contributed by atoms with van der Waals surface area (Å²) in [5, 5.41) is 3.35. The van der Waals surface area contributed by atoms with Crippen LogP contribution in [-0.4, -0.2) is 43.4 Å². The Labute approximate surface area is 122 Å². The minimum Gasteiger partial charge on any atom is -0.307 e. The molecule has 1 heterocycles. The molecule has 1 aromatic carbocycles. The summed E-state index contributed by atoms with van der Waals surface area (Å²) < 4.78 is 51.4. The van der Waals surface area contributed by atoms with Crippen molar-refractivity contribution in [1.82, 2.24) is 10.2 Å². The van der Waals surface area contributed by atoms with Gasteiger partial charge in [0.2, 0.25) is 0 Å². The quantitative estimate of drug-likeness (QED) is 0.860. The number of halogens is 4. The molecule has 1 fully saturated rings. The standard InChI is InChI=1S/C15H20F4N2/c1-14(12-6-3-2-4-7-12)10-21(9-5-8-20-14)11-15(18,19)13(16)17/h2-4,6-7,13,20H,5,8-11H2,1H3. The molecule has 0 saturated carbocycles. The van der Waals surface area contributed by atoms with E-state index in [4.69, 9.17) is 0 Å². The Balaban J connectivity index is 2.15. The van der Waals surface area contributed by atoms with Gasteiger partial charge in [-0.25, -0.2) is 8.78 Å². The predicted molar refractivity (Wildman–Crippen MR) is 73.8 cm³/mol. The number of benzene rings is 1. The molecule has 1 saturated heterocycles. The average molecular weight is 304 g/mol. The molecule has 1 aliphatic heterocycles. The van der Waals surface area contributed by atoms with Gasteiger partial charge in [0.25, 0.3) is 0 Å². The predicted octanol–water partition coefficient (Wildman–Crippen LogP) is 3.10. The molecular formula is C15H20F4N2. The monoisotopic (exact) mass is 304 g/mol. The lowest BCUT2D eigenvalue weighted by molar-refractivity contribution is -0.143. The van der Waals surface area contributed by atoms with E-state index in [1.165, 1.54) is 4.90 Å². The maximum absolute atomic E-state index is 13.3. The van der Waals surface area contributed by atoms with Crippen molar-refractivity contribution in [2.45, 2.75) is 31.2 Å². The highest BCUT2D eigenvalue weighted by atomic mass is 19.3. The molecule has 1 aliphatic rings. The third kappa shape index (κ3) is 3.95. The van der Waals surface area contributed by atoms with E-state index in [1.54, 1.807) is 0 Å². The Kier molecular flexibility index (Phi) is 4.88. The van der Waals surface area contributed by atoms with Crippen LogP contribution in [0.15, 0.2) is 30.3 Å². The van der Waals surface area contributed by atoms with Crippen LogP contribution in [0.4, 0.5) is 17.6 Å². The second kappa shape index (κ2) is 6.32. The molecule has 1 unspecified atom stereocenters. The number of hydrogen-bond donors (Lipinski definition) is 1. The van der Waals surface area contributed by atoms with Crippen molar-refractivity contribution in [1.29, 1.82) is 0 Å². The lowest BCUT2D eigenvalue weighted by atomic mass is 9.91. The van der Waals surface area contributed by atoms with Gasteiger partial charge in [-0.15, -0.1) is 0 Å². The van der Waals surface area contributed by atoms with Crippen molar-refractivity contribution in [2.75, 3.05) is 26.2 Å². The van der Waals surface area contributed by atoms with Crippen molar-refractivity contribution in [3.8, 4) is 0 Å². The van der Waals surface area contributed by atoms with Crippen LogP contribution in [0.5, 0.6) is 0 Å². The van der Waals surface area contributed by atoms with Crippen LogP contribution in [0.2, 0.25) is 0 Å². The third-order valence-corrected chi connectivity index (χ3v) is 3.87. The molecule has 2 nitrogen and oxygen atoms in total. The van der Waals surface area contributed by atoms with Crippen molar-refractivity contribution in [2.24, 2.45) is 0 Å². The van der Waals surface area contributed by atoms with Gasteiger partial charge in [0, 0.05) is 6.54 Å². The van der Waals surface area contributed by atoms with E-state index in [2.05, 4.69) is 5.32 Å². The summed E-state index contributed by atoms with van der Waals surface area (Å²) >= 11 is 0. The second-order valence-electron chi connectivity index (χ2n) is 5.75. The van der Waals surface area contributed by atoms with Gasteiger partial charge in [0.15, 0.2) is 0 Å². The largest absolute Gasteiger partial charge is 0.319 e. The second-order valence-corrected chi connectivity index (χ2v) is 5.75. The molecule has 0 spiro atoms. The summed E-state index contributed by atoms with van der Waals surface area (Å²) in [6.07, 6.45) is -2.97. The Morgan fingerprint density at radius 1 is 1.29 bits per heavy atom. The first kappa shape index (κ1) is 16.2. The van der Waals surface area contributed by atoms with E-state index in [9.17, 15) is 17.6 Å². The highest BCUT2D eigenvalue weighted by Gasteiger charge is 2.43. The summed E-state index contributed by atoms with van der Waals surface area (Å²) in [5.74, 6) is -3.97. The molecule has 0 bridgehead atoms. The fraction of sp³-hybridized carbons (Fsp3) is 0.600. The first-order chi connectivity index (χ1) is 9.83. The van der Waals surface area contributed by atoms with E-state index >= 15 is 0 Å². The molecular weight excluding hydrogens is 284 g/mol. The lowest BCUT2D eigenvalue weighted by Crippen LogP contribution is -2.50. The maximum atomic E-state index is 13.3. The van der Waals surface area contributed by atoms with Gasteiger partial charge in [-0.1, -0.05) is 30.3 Å². The molecule has 1 N–H and O–H groups in total. The van der Waals surface area contributed by atoms with Crippen molar-refractivity contribution >= 4 is 0 Å². The summed E-state index contributed by atoms with van der Waals surface area (Å²) in [4.78, 5) is 1.43. The summed E-state index contributed by atoms with van der Waals surface area (Å²) in [7, 11) is 0. The molecule has 21 heavy (non-hydrogen) atoms. The van der Waals surface area contributed by atoms with Crippen molar-refractivity contribution in [3.05, 3.63) is 35.9 Å². The van der Waals surface area contributed by atoms with Crippen molar-refractivity contribution in [3.63, 3.8) is 0 Å². The van der Waals surface area contributed by atoms with E-state index in [0.29, 0.717) is 19.5 Å². The fourth-order valence-electron chi connectivity index (χ4n) is 2.75. The molecule has 1 atom stereocenters. The fourth-order valence-corrected chi connectivity index (χ4v) is 2.75. The zero-order valence-electron chi connectivity index (χ0n) is 12.0. The average Bonchev–Trinajstić information content (AvgIpc) is 2.62. The van der Waals surface area contributed by atoms with Gasteiger partial charge in [0.05, 0.1) is 12.1 Å². The number of alkyl halides is 4. The topological polar surface area (TPSA) is 15.3 Å². The number of rotatable bonds is 4. The summed E-state index contributed by atoms with van der Waals surface area (Å²) in [6.45, 7) is 2.34. The third-order valence-electron chi connectivity index (χ3n) is 3.87. The molecule has 0 aliphatic carbocycles. The highest BCUT2D eigenvalue weighted by Crippen LogP contribution is 2.28. The molecule has 2 rings (SSSR count). The highest BCUT2D eigenvalue weighted by molar-refractivity contribution is 5.24. The molecule has 0 amide bonds. The van der Waals surface area contributed by atoms with Crippen LogP contribution in [0.25, 0.3) is 0 Å². The molecule has 1 aromatic rings. The van der Waals surface area contributed by atoms with Gasteiger partial charge in [-0.05, 0) is 32.0 Å². The number of nitrogens with zero attached hydrogens (tertiary/aromatic N) is 1. The molecule has 0 aromatic heterocycles. The van der Waals surface area contributed by atoms with Gasteiger partial charge in [-0.3, -0.25) is 4.90 Å². The SMILES string of the molecule is CC1(c2ccccc2)CN(CC(F)(F)C(F)F)CCCN1. The van der Waals surface area contributed by atoms with Crippen LogP contribution >= 0.6 is 0 Å². The zero-order chi connectivity index (χ0) is 15.5. The smallest absolute Gasteiger partial charge is 0.307 e. The summed E-state index contributed by atoms with van der Waals surface area (Å²) in [6, 6.07) is 9.48. The zero-order valence-corrected chi connectivity index (χ0v) is 12.0. The Hall–Kier alpha value is -1.14. The van der Waals surface area contributed by atoms with Gasteiger partial charge >= 0.3 is 12.3 Å². The van der Waals surface area contributed by atoms with Crippen LogP contribution in [0, 0.1) is 0 Å². The first-order valence-corrected chi connectivity index (χ1v) is 7.02. The van der Waals surface area contributed by atoms with E-state index in [-0.39, 0.29) is 6.54 Å². The minimum absolute atomic E-state index is 0.277. The first-order valence-electron chi connectivity index (χ1n) is 7.02. The van der Waals surface area contributed by atoms with Gasteiger partial charge in [-0.2, -0.15) is 8.78 Å². The molecule has 0 radical (unpaired) electrons. The van der Waals surface area contributed by atoms with Crippen LogP contribution < -0.4 is 5.32 Å². The van der Waals surface area contributed by atoms with Crippen LogP contribution in [-0.2, 0) is 5.54 Å². The maximum Gasteiger partial charge on any atom is 0.319 e. The van der Waals surface area contributed by atoms with Crippen LogP contribution in [0.1, 0.15) is 18.9 Å². The number of hydrogen-bond acceptors (Lipinski definition) is 2. The molecule has 6 heteroatoms. The summed E-state index contributed by atoms with van der Waals surface area (Å²) in [5.41, 5.74) is 0.452. The van der Waals surface area contributed by atoms with Gasteiger partial charge in [0.1, 0.15) is 0 Å².